The van der Waals surface area contributed by atoms with E-state index in [4.69, 9.17) is 10.2 Å². The molecule has 0 aliphatic rings. The number of hydrogen-bond donors (Lipinski definition) is 1. The van der Waals surface area contributed by atoms with Crippen LogP contribution >= 0.6 is 0 Å². The maximum absolute atomic E-state index is 6.96. The summed E-state index contributed by atoms with van der Waals surface area (Å²) in [4.78, 5) is 0. The zero-order valence-electron chi connectivity index (χ0n) is 14.9. The van der Waals surface area contributed by atoms with E-state index in [-0.39, 0.29) is 11.0 Å². The molecule has 1 rings (SSSR count). The van der Waals surface area contributed by atoms with E-state index in [0.717, 1.165) is 23.8 Å². The van der Waals surface area contributed by atoms with Crippen LogP contribution < -0.4 is 5.73 Å². The van der Waals surface area contributed by atoms with E-state index in [1.54, 1.807) is 0 Å². The van der Waals surface area contributed by atoms with Gasteiger partial charge in [-0.2, -0.15) is 0 Å². The smallest absolute Gasteiger partial charge is 0.193 e. The quantitative estimate of drug-likeness (QED) is 0.552. The summed E-state index contributed by atoms with van der Waals surface area (Å²) in [6.45, 7) is 15.9. The Labute approximate surface area is 132 Å². The van der Waals surface area contributed by atoms with Gasteiger partial charge in [-0.05, 0) is 48.2 Å². The first-order chi connectivity index (χ1) is 9.64. The molecule has 0 aliphatic heterocycles. The van der Waals surface area contributed by atoms with Crippen molar-refractivity contribution in [2.75, 3.05) is 5.73 Å². The number of anilines is 1. The van der Waals surface area contributed by atoms with Gasteiger partial charge in [-0.15, -0.1) is 0 Å². The van der Waals surface area contributed by atoms with E-state index in [1.807, 2.05) is 12.1 Å². The number of hydrogen-bond acceptors (Lipinski definition) is 2. The van der Waals surface area contributed by atoms with Gasteiger partial charge in [0.15, 0.2) is 8.32 Å². The lowest BCUT2D eigenvalue weighted by molar-refractivity contribution is -0.0322. The highest BCUT2D eigenvalue weighted by Gasteiger charge is 2.46. The van der Waals surface area contributed by atoms with E-state index in [1.165, 1.54) is 5.56 Å². The lowest BCUT2D eigenvalue weighted by atomic mass is 9.73. The van der Waals surface area contributed by atoms with E-state index in [0.29, 0.717) is 0 Å². The minimum Gasteiger partial charge on any atom is -0.407 e. The largest absolute Gasteiger partial charge is 0.407 e. The van der Waals surface area contributed by atoms with Crippen LogP contribution in [0.15, 0.2) is 24.3 Å². The summed E-state index contributed by atoms with van der Waals surface area (Å²) in [5.41, 5.74) is 7.72. The number of benzene rings is 1. The van der Waals surface area contributed by atoms with Crippen LogP contribution in [0.3, 0.4) is 0 Å². The first-order valence-electron chi connectivity index (χ1n) is 8.20. The molecule has 3 heteroatoms. The second-order valence-corrected chi connectivity index (χ2v) is 11.9. The van der Waals surface area contributed by atoms with Crippen LogP contribution in [0.5, 0.6) is 0 Å². The fraction of sp³-hybridized carbons (Fsp3) is 0.667. The van der Waals surface area contributed by atoms with Crippen LogP contribution in [-0.2, 0) is 10.0 Å². The zero-order valence-corrected chi connectivity index (χ0v) is 15.9. The third-order valence-corrected chi connectivity index (χ3v) is 9.93. The Balaban J connectivity index is 3.35. The highest BCUT2D eigenvalue weighted by molar-refractivity contribution is 6.73. The van der Waals surface area contributed by atoms with Gasteiger partial charge in [0.2, 0.25) is 0 Å². The Kier molecular flexibility index (Phi) is 5.67. The maximum Gasteiger partial charge on any atom is 0.193 e. The van der Waals surface area contributed by atoms with Gasteiger partial charge in [0.1, 0.15) is 0 Å². The molecule has 0 spiro atoms. The average molecular weight is 308 g/mol. The van der Waals surface area contributed by atoms with Gasteiger partial charge < -0.3 is 10.2 Å². The molecule has 0 fully saturated rings. The van der Waals surface area contributed by atoms with Crippen LogP contribution in [0.4, 0.5) is 5.69 Å². The standard InChI is InChI=1S/C18H33NOSi/c1-8-21(9-2,10-3)20-18(7,17(4,5)6)15-12-11-13-16(19)14-15/h11-14H,8-10,19H2,1-7H3. The van der Waals surface area contributed by atoms with Gasteiger partial charge in [0.25, 0.3) is 0 Å². The molecule has 0 aliphatic carbocycles. The topological polar surface area (TPSA) is 35.2 Å². The van der Waals surface area contributed by atoms with Crippen molar-refractivity contribution in [2.24, 2.45) is 5.41 Å². The van der Waals surface area contributed by atoms with Gasteiger partial charge in [0.05, 0.1) is 5.60 Å². The molecule has 120 valence electrons. The Bertz CT molecular complexity index is 454. The fourth-order valence-corrected chi connectivity index (χ4v) is 6.10. The lowest BCUT2D eigenvalue weighted by Crippen LogP contribution is -2.50. The Morgan fingerprint density at radius 2 is 1.52 bits per heavy atom. The first-order valence-corrected chi connectivity index (χ1v) is 10.7. The van der Waals surface area contributed by atoms with Crippen molar-refractivity contribution in [3.05, 3.63) is 29.8 Å². The van der Waals surface area contributed by atoms with Crippen molar-refractivity contribution in [2.45, 2.75) is 72.2 Å². The van der Waals surface area contributed by atoms with Gasteiger partial charge in [0, 0.05) is 5.69 Å². The monoisotopic (exact) mass is 307 g/mol. The number of nitrogens with two attached hydrogens (primary N) is 1. The fourth-order valence-electron chi connectivity index (χ4n) is 2.88. The molecule has 2 nitrogen and oxygen atoms in total. The number of rotatable bonds is 6. The lowest BCUT2D eigenvalue weighted by Gasteiger charge is -2.48. The Morgan fingerprint density at radius 1 is 1.00 bits per heavy atom. The average Bonchev–Trinajstić information content (AvgIpc) is 2.43. The molecule has 0 radical (unpaired) electrons. The predicted molar refractivity (Wildman–Crippen MR) is 95.9 cm³/mol. The van der Waals surface area contributed by atoms with Gasteiger partial charge >= 0.3 is 0 Å². The Hall–Kier alpha value is -0.803. The summed E-state index contributed by atoms with van der Waals surface area (Å²) in [6, 6.07) is 11.7. The van der Waals surface area contributed by atoms with Crippen molar-refractivity contribution in [3.8, 4) is 0 Å². The molecule has 0 saturated carbocycles. The molecule has 1 unspecified atom stereocenters. The van der Waals surface area contributed by atoms with Crippen LogP contribution in [-0.4, -0.2) is 8.32 Å². The van der Waals surface area contributed by atoms with Crippen LogP contribution in [0, 0.1) is 5.41 Å². The molecule has 1 aromatic rings. The third-order valence-electron chi connectivity index (χ3n) is 5.22. The summed E-state index contributed by atoms with van der Waals surface area (Å²) in [5.74, 6) is 0. The van der Waals surface area contributed by atoms with Crippen molar-refractivity contribution in [1.29, 1.82) is 0 Å². The van der Waals surface area contributed by atoms with Crippen molar-refractivity contribution >= 4 is 14.0 Å². The highest BCUT2D eigenvalue weighted by Crippen LogP contribution is 2.46. The second-order valence-electron chi connectivity index (χ2n) is 7.25. The third kappa shape index (κ3) is 3.70. The zero-order chi connectivity index (χ0) is 16.3. The molecular weight excluding hydrogens is 274 g/mol. The van der Waals surface area contributed by atoms with E-state index >= 15 is 0 Å². The van der Waals surface area contributed by atoms with Gasteiger partial charge in [-0.3, -0.25) is 0 Å². The Morgan fingerprint density at radius 3 is 1.90 bits per heavy atom. The minimum absolute atomic E-state index is 0.0125. The molecule has 0 amide bonds. The summed E-state index contributed by atoms with van der Waals surface area (Å²) in [6.07, 6.45) is 0. The summed E-state index contributed by atoms with van der Waals surface area (Å²) in [7, 11) is -1.70. The SMILES string of the molecule is CC[Si](CC)(CC)OC(C)(c1cccc(N)c1)C(C)(C)C. The van der Waals surface area contributed by atoms with Crippen molar-refractivity contribution in [3.63, 3.8) is 0 Å². The molecular formula is C18H33NOSi. The van der Waals surface area contributed by atoms with Gasteiger partial charge in [-0.1, -0.05) is 53.7 Å². The molecule has 0 aromatic heterocycles. The molecule has 0 saturated heterocycles. The molecule has 0 bridgehead atoms. The highest BCUT2D eigenvalue weighted by atomic mass is 28.4. The van der Waals surface area contributed by atoms with Crippen LogP contribution in [0.25, 0.3) is 0 Å². The number of nitrogen functional groups attached to an aromatic ring is 1. The van der Waals surface area contributed by atoms with Gasteiger partial charge in [-0.25, -0.2) is 0 Å². The maximum atomic E-state index is 6.96. The predicted octanol–water partition coefficient (Wildman–Crippen LogP) is 5.55. The van der Waals surface area contributed by atoms with E-state index in [9.17, 15) is 0 Å². The molecule has 0 heterocycles. The van der Waals surface area contributed by atoms with E-state index in [2.05, 4.69) is 60.6 Å². The molecule has 1 atom stereocenters. The molecule has 1 aromatic carbocycles. The minimum atomic E-state index is -1.70. The van der Waals surface area contributed by atoms with Crippen LogP contribution in [0.2, 0.25) is 18.1 Å². The normalized spacial score (nSPS) is 15.8. The first kappa shape index (κ1) is 18.2. The van der Waals surface area contributed by atoms with Crippen LogP contribution in [0.1, 0.15) is 54.0 Å². The molecule has 2 N–H and O–H groups in total. The van der Waals surface area contributed by atoms with E-state index < -0.39 is 8.32 Å². The molecule has 21 heavy (non-hydrogen) atoms. The second kappa shape index (κ2) is 6.53. The summed E-state index contributed by atoms with van der Waals surface area (Å²) >= 11 is 0. The summed E-state index contributed by atoms with van der Waals surface area (Å²) in [5, 5.41) is 0. The van der Waals surface area contributed by atoms with Crippen molar-refractivity contribution in [1.82, 2.24) is 0 Å². The van der Waals surface area contributed by atoms with Crippen molar-refractivity contribution < 1.29 is 4.43 Å². The summed E-state index contributed by atoms with van der Waals surface area (Å²) < 4.78 is 6.96.